The van der Waals surface area contributed by atoms with Crippen LogP contribution in [0.2, 0.25) is 0 Å². The van der Waals surface area contributed by atoms with E-state index in [1.807, 2.05) is 74.5 Å². The Labute approximate surface area is 175 Å². The number of nitrogens with one attached hydrogen (secondary N) is 2. The number of carbonyl (C=O) groups excluding carboxylic acids is 1. The summed E-state index contributed by atoms with van der Waals surface area (Å²) < 4.78 is 11.5. The van der Waals surface area contributed by atoms with Gasteiger partial charge in [-0.2, -0.15) is 0 Å². The number of ether oxygens (including phenoxy) is 2. The SMILES string of the molecule is CC(C)Oc1ccccc1C(=O)NC(=S)Nc1ccc(Oc2ccccc2)cc1. The van der Waals surface area contributed by atoms with Crippen molar-refractivity contribution >= 4 is 28.9 Å². The molecule has 3 aromatic rings. The van der Waals surface area contributed by atoms with Gasteiger partial charge in [-0.1, -0.05) is 30.3 Å². The number of anilines is 1. The molecule has 1 amide bonds. The molecule has 5 nitrogen and oxygen atoms in total. The van der Waals surface area contributed by atoms with E-state index in [4.69, 9.17) is 21.7 Å². The highest BCUT2D eigenvalue weighted by atomic mass is 32.1. The summed E-state index contributed by atoms with van der Waals surface area (Å²) in [6.07, 6.45) is -0.0364. The second kappa shape index (κ2) is 9.71. The first-order valence-corrected chi connectivity index (χ1v) is 9.63. The van der Waals surface area contributed by atoms with Crippen LogP contribution in [0, 0.1) is 0 Å². The number of carbonyl (C=O) groups is 1. The van der Waals surface area contributed by atoms with Crippen LogP contribution in [-0.2, 0) is 0 Å². The van der Waals surface area contributed by atoms with Crippen molar-refractivity contribution in [3.63, 3.8) is 0 Å². The number of hydrogen-bond acceptors (Lipinski definition) is 4. The van der Waals surface area contributed by atoms with Gasteiger partial charge in [0.2, 0.25) is 0 Å². The van der Waals surface area contributed by atoms with Crippen LogP contribution in [0.25, 0.3) is 0 Å². The highest BCUT2D eigenvalue weighted by Crippen LogP contribution is 2.23. The van der Waals surface area contributed by atoms with E-state index in [0.717, 1.165) is 11.4 Å². The largest absolute Gasteiger partial charge is 0.490 e. The third-order valence-corrected chi connectivity index (χ3v) is 4.02. The molecule has 6 heteroatoms. The molecule has 0 unspecified atom stereocenters. The minimum absolute atomic E-state index is 0.0364. The highest BCUT2D eigenvalue weighted by molar-refractivity contribution is 7.80. The van der Waals surface area contributed by atoms with Gasteiger partial charge in [-0.3, -0.25) is 10.1 Å². The molecular weight excluding hydrogens is 384 g/mol. The van der Waals surface area contributed by atoms with Gasteiger partial charge in [0, 0.05) is 5.69 Å². The lowest BCUT2D eigenvalue weighted by atomic mass is 10.2. The smallest absolute Gasteiger partial charge is 0.261 e. The van der Waals surface area contributed by atoms with Crippen molar-refractivity contribution in [2.24, 2.45) is 0 Å². The van der Waals surface area contributed by atoms with Crippen molar-refractivity contribution < 1.29 is 14.3 Å². The van der Waals surface area contributed by atoms with Crippen molar-refractivity contribution in [1.82, 2.24) is 5.32 Å². The first kappa shape index (κ1) is 20.4. The summed E-state index contributed by atoms with van der Waals surface area (Å²) in [5.74, 6) is 1.66. The van der Waals surface area contributed by atoms with Gasteiger partial charge in [-0.15, -0.1) is 0 Å². The fourth-order valence-corrected chi connectivity index (χ4v) is 2.79. The van der Waals surface area contributed by atoms with Crippen LogP contribution in [0.5, 0.6) is 17.2 Å². The predicted molar refractivity (Wildman–Crippen MR) is 119 cm³/mol. The molecule has 0 spiro atoms. The molecule has 0 aromatic heterocycles. The van der Waals surface area contributed by atoms with Gasteiger partial charge >= 0.3 is 0 Å². The lowest BCUT2D eigenvalue weighted by Crippen LogP contribution is -2.34. The van der Waals surface area contributed by atoms with Crippen LogP contribution in [0.4, 0.5) is 5.69 Å². The molecule has 2 N–H and O–H groups in total. The number of thiocarbonyl (C=S) groups is 1. The highest BCUT2D eigenvalue weighted by Gasteiger charge is 2.14. The molecule has 0 atom stereocenters. The molecule has 3 rings (SSSR count). The normalized spacial score (nSPS) is 10.3. The van der Waals surface area contributed by atoms with E-state index in [1.165, 1.54) is 0 Å². The Morgan fingerprint density at radius 3 is 2.17 bits per heavy atom. The van der Waals surface area contributed by atoms with Crippen LogP contribution in [0.1, 0.15) is 24.2 Å². The first-order chi connectivity index (χ1) is 14.0. The molecule has 0 saturated carbocycles. The Morgan fingerprint density at radius 2 is 1.48 bits per heavy atom. The average Bonchev–Trinajstić information content (AvgIpc) is 2.70. The van der Waals surface area contributed by atoms with E-state index in [0.29, 0.717) is 17.1 Å². The van der Waals surface area contributed by atoms with Crippen LogP contribution in [-0.4, -0.2) is 17.1 Å². The molecule has 0 heterocycles. The summed E-state index contributed by atoms with van der Waals surface area (Å²) in [4.78, 5) is 12.6. The van der Waals surface area contributed by atoms with Crippen molar-refractivity contribution in [2.45, 2.75) is 20.0 Å². The van der Waals surface area contributed by atoms with Crippen molar-refractivity contribution in [3.05, 3.63) is 84.4 Å². The average molecular weight is 407 g/mol. The molecule has 0 bridgehead atoms. The zero-order valence-corrected chi connectivity index (χ0v) is 17.0. The maximum Gasteiger partial charge on any atom is 0.261 e. The van der Waals surface area contributed by atoms with Crippen LogP contribution >= 0.6 is 12.2 Å². The molecule has 0 aliphatic heterocycles. The van der Waals surface area contributed by atoms with E-state index >= 15 is 0 Å². The number of para-hydroxylation sites is 2. The van der Waals surface area contributed by atoms with Gasteiger partial charge < -0.3 is 14.8 Å². The van der Waals surface area contributed by atoms with Gasteiger partial charge in [0.1, 0.15) is 17.2 Å². The van der Waals surface area contributed by atoms with Crippen molar-refractivity contribution in [3.8, 4) is 17.2 Å². The molecule has 0 radical (unpaired) electrons. The second-order valence-electron chi connectivity index (χ2n) is 6.51. The minimum atomic E-state index is -0.331. The maximum absolute atomic E-state index is 12.6. The molecule has 0 fully saturated rings. The molecule has 3 aromatic carbocycles. The predicted octanol–water partition coefficient (Wildman–Crippen LogP) is 5.39. The summed E-state index contributed by atoms with van der Waals surface area (Å²) in [6, 6.07) is 23.9. The third-order valence-electron chi connectivity index (χ3n) is 3.81. The van der Waals surface area contributed by atoms with E-state index in [9.17, 15) is 4.79 Å². The van der Waals surface area contributed by atoms with Crippen molar-refractivity contribution in [1.29, 1.82) is 0 Å². The summed E-state index contributed by atoms with van der Waals surface area (Å²) in [5.41, 5.74) is 1.17. The lowest BCUT2D eigenvalue weighted by molar-refractivity contribution is 0.0972. The topological polar surface area (TPSA) is 59.6 Å². The summed E-state index contributed by atoms with van der Waals surface area (Å²) >= 11 is 5.27. The van der Waals surface area contributed by atoms with Crippen LogP contribution < -0.4 is 20.1 Å². The van der Waals surface area contributed by atoms with Gasteiger partial charge in [0.05, 0.1) is 11.7 Å². The van der Waals surface area contributed by atoms with E-state index in [-0.39, 0.29) is 17.1 Å². The number of benzene rings is 3. The van der Waals surface area contributed by atoms with Gasteiger partial charge in [0.25, 0.3) is 5.91 Å². The molecule has 0 aliphatic rings. The van der Waals surface area contributed by atoms with Gasteiger partial charge in [0.15, 0.2) is 5.11 Å². The van der Waals surface area contributed by atoms with E-state index in [1.54, 1.807) is 18.2 Å². The second-order valence-corrected chi connectivity index (χ2v) is 6.92. The van der Waals surface area contributed by atoms with Gasteiger partial charge in [-0.25, -0.2) is 0 Å². The maximum atomic E-state index is 12.6. The van der Waals surface area contributed by atoms with E-state index in [2.05, 4.69) is 10.6 Å². The van der Waals surface area contributed by atoms with Gasteiger partial charge in [-0.05, 0) is 74.6 Å². The number of rotatable bonds is 6. The minimum Gasteiger partial charge on any atom is -0.490 e. The number of hydrogen-bond donors (Lipinski definition) is 2. The molecular formula is C23H22N2O3S. The van der Waals surface area contributed by atoms with Crippen LogP contribution in [0.3, 0.4) is 0 Å². The standard InChI is InChI=1S/C23H22N2O3S/c1-16(2)27-21-11-7-6-10-20(21)22(26)25-23(29)24-17-12-14-19(15-13-17)28-18-8-4-3-5-9-18/h3-16H,1-2H3,(H2,24,25,26,29). The molecule has 148 valence electrons. The Bertz CT molecular complexity index is 973. The fourth-order valence-electron chi connectivity index (χ4n) is 2.57. The Kier molecular flexibility index (Phi) is 6.81. The first-order valence-electron chi connectivity index (χ1n) is 9.22. The lowest BCUT2D eigenvalue weighted by Gasteiger charge is -2.15. The van der Waals surface area contributed by atoms with Crippen LogP contribution in [0.15, 0.2) is 78.9 Å². The Hall–Kier alpha value is -3.38. The molecule has 0 saturated heterocycles. The molecule has 0 aliphatic carbocycles. The Morgan fingerprint density at radius 1 is 0.862 bits per heavy atom. The number of amides is 1. The zero-order valence-electron chi connectivity index (χ0n) is 16.2. The third kappa shape index (κ3) is 6.05. The zero-order chi connectivity index (χ0) is 20.6. The summed E-state index contributed by atoms with van der Waals surface area (Å²) in [5, 5.41) is 5.88. The quantitative estimate of drug-likeness (QED) is 0.537. The summed E-state index contributed by atoms with van der Waals surface area (Å²) in [7, 11) is 0. The van der Waals surface area contributed by atoms with E-state index < -0.39 is 0 Å². The Balaban J connectivity index is 1.59. The fraction of sp³-hybridized carbons (Fsp3) is 0.130. The molecule has 29 heavy (non-hydrogen) atoms. The monoisotopic (exact) mass is 406 g/mol. The van der Waals surface area contributed by atoms with Crippen molar-refractivity contribution in [2.75, 3.05) is 5.32 Å². The summed E-state index contributed by atoms with van der Waals surface area (Å²) in [6.45, 7) is 3.82.